The summed E-state index contributed by atoms with van der Waals surface area (Å²) < 4.78 is 12.4. The molecule has 0 amide bonds. The molecule has 0 bridgehead atoms. The molecular formula is C20H25BrN2O2S. The predicted octanol–water partition coefficient (Wildman–Crippen LogP) is 5.60. The first-order valence-corrected chi connectivity index (χ1v) is 9.87. The van der Waals surface area contributed by atoms with Crippen LogP contribution in [0.15, 0.2) is 40.9 Å². The second-order valence-corrected chi connectivity index (χ2v) is 7.12. The fourth-order valence-electron chi connectivity index (χ4n) is 2.51. The molecule has 0 saturated carbocycles. The third-order valence-corrected chi connectivity index (χ3v) is 4.94. The lowest BCUT2D eigenvalue weighted by molar-refractivity contribution is 0.287. The summed E-state index contributed by atoms with van der Waals surface area (Å²) in [5.74, 6) is 1.51. The summed E-state index contributed by atoms with van der Waals surface area (Å²) in [5, 5.41) is 7.11. The molecule has 0 aliphatic heterocycles. The molecule has 0 fully saturated rings. The molecule has 2 N–H and O–H groups in total. The van der Waals surface area contributed by atoms with Gasteiger partial charge in [-0.3, -0.25) is 0 Å². The molecule has 0 aliphatic rings. The summed E-state index contributed by atoms with van der Waals surface area (Å²) in [5.41, 5.74) is 3.18. The van der Waals surface area contributed by atoms with E-state index in [1.165, 1.54) is 0 Å². The number of aryl methyl sites for hydroxylation is 1. The van der Waals surface area contributed by atoms with Crippen molar-refractivity contribution in [2.75, 3.05) is 18.5 Å². The number of rotatable bonds is 7. The van der Waals surface area contributed by atoms with Gasteiger partial charge in [0, 0.05) is 10.2 Å². The Morgan fingerprint density at radius 3 is 2.42 bits per heavy atom. The van der Waals surface area contributed by atoms with Crippen molar-refractivity contribution < 1.29 is 9.47 Å². The maximum absolute atomic E-state index is 5.70. The zero-order valence-electron chi connectivity index (χ0n) is 15.6. The Morgan fingerprint density at radius 2 is 1.77 bits per heavy atom. The summed E-state index contributed by atoms with van der Waals surface area (Å²) in [6, 6.07) is 12.0. The summed E-state index contributed by atoms with van der Waals surface area (Å²) in [6.07, 6.45) is 0. The van der Waals surface area contributed by atoms with Gasteiger partial charge in [-0.2, -0.15) is 0 Å². The van der Waals surface area contributed by atoms with Crippen molar-refractivity contribution in [3.05, 3.63) is 52.0 Å². The van der Waals surface area contributed by atoms with Gasteiger partial charge in [0.2, 0.25) is 0 Å². The fourth-order valence-corrected chi connectivity index (χ4v) is 3.05. The highest BCUT2D eigenvalue weighted by Gasteiger charge is 2.12. The van der Waals surface area contributed by atoms with E-state index in [0.717, 1.165) is 32.8 Å². The molecule has 2 rings (SSSR count). The van der Waals surface area contributed by atoms with Gasteiger partial charge in [0.15, 0.2) is 16.6 Å². The van der Waals surface area contributed by atoms with Crippen LogP contribution in [0.4, 0.5) is 5.69 Å². The number of hydrogen-bond donors (Lipinski definition) is 2. The topological polar surface area (TPSA) is 42.5 Å². The van der Waals surface area contributed by atoms with Gasteiger partial charge in [-0.1, -0.05) is 22.0 Å². The van der Waals surface area contributed by atoms with Crippen molar-refractivity contribution in [1.29, 1.82) is 0 Å². The summed E-state index contributed by atoms with van der Waals surface area (Å²) in [6.45, 7) is 9.23. The monoisotopic (exact) mass is 436 g/mol. The molecule has 2 aromatic rings. The van der Waals surface area contributed by atoms with E-state index in [-0.39, 0.29) is 6.04 Å². The van der Waals surface area contributed by atoms with Crippen LogP contribution in [0.2, 0.25) is 0 Å². The Kier molecular flexibility index (Phi) is 7.72. The van der Waals surface area contributed by atoms with Crippen LogP contribution in [0.3, 0.4) is 0 Å². The molecule has 0 radical (unpaired) electrons. The smallest absolute Gasteiger partial charge is 0.171 e. The first kappa shape index (κ1) is 20.5. The van der Waals surface area contributed by atoms with E-state index in [0.29, 0.717) is 18.3 Å². The lowest BCUT2D eigenvalue weighted by Gasteiger charge is -2.19. The van der Waals surface area contributed by atoms with E-state index in [2.05, 4.69) is 33.5 Å². The molecule has 0 spiro atoms. The molecular weight excluding hydrogens is 412 g/mol. The third-order valence-electron chi connectivity index (χ3n) is 3.83. The van der Waals surface area contributed by atoms with Gasteiger partial charge < -0.3 is 20.1 Å². The van der Waals surface area contributed by atoms with Gasteiger partial charge in [-0.25, -0.2) is 0 Å². The van der Waals surface area contributed by atoms with Crippen molar-refractivity contribution in [3.8, 4) is 11.5 Å². The second-order valence-electron chi connectivity index (χ2n) is 5.86. The number of ether oxygens (including phenoxy) is 2. The molecule has 0 saturated heterocycles. The molecule has 140 valence electrons. The van der Waals surface area contributed by atoms with E-state index in [9.17, 15) is 0 Å². The van der Waals surface area contributed by atoms with Gasteiger partial charge in [-0.15, -0.1) is 0 Å². The molecule has 2 aromatic carbocycles. The van der Waals surface area contributed by atoms with Crippen LogP contribution in [0, 0.1) is 6.92 Å². The Morgan fingerprint density at radius 1 is 1.08 bits per heavy atom. The number of nitrogens with one attached hydrogen (secondary N) is 2. The Bertz CT molecular complexity index is 767. The van der Waals surface area contributed by atoms with Gasteiger partial charge >= 0.3 is 0 Å². The molecule has 6 heteroatoms. The minimum absolute atomic E-state index is 0.0291. The zero-order chi connectivity index (χ0) is 19.1. The van der Waals surface area contributed by atoms with Crippen LogP contribution in [0.5, 0.6) is 11.5 Å². The highest BCUT2D eigenvalue weighted by atomic mass is 79.9. The van der Waals surface area contributed by atoms with Crippen LogP contribution < -0.4 is 20.1 Å². The maximum atomic E-state index is 5.70. The Hall–Kier alpha value is -1.79. The van der Waals surface area contributed by atoms with Crippen molar-refractivity contribution in [3.63, 3.8) is 0 Å². The number of hydrogen-bond acceptors (Lipinski definition) is 3. The van der Waals surface area contributed by atoms with Gasteiger partial charge in [-0.05, 0) is 81.4 Å². The third kappa shape index (κ3) is 5.61. The van der Waals surface area contributed by atoms with Crippen LogP contribution in [0.25, 0.3) is 0 Å². The average Bonchev–Trinajstić information content (AvgIpc) is 2.60. The van der Waals surface area contributed by atoms with Crippen molar-refractivity contribution in [2.45, 2.75) is 33.7 Å². The van der Waals surface area contributed by atoms with Gasteiger partial charge in [0.25, 0.3) is 0 Å². The minimum atomic E-state index is 0.0291. The van der Waals surface area contributed by atoms with Gasteiger partial charge in [0.05, 0.1) is 19.3 Å². The number of thiocarbonyl (C=S) groups is 1. The Labute approximate surface area is 169 Å². The quantitative estimate of drug-likeness (QED) is 0.552. The van der Waals surface area contributed by atoms with Gasteiger partial charge in [0.1, 0.15) is 0 Å². The normalized spacial score (nSPS) is 11.6. The lowest BCUT2D eigenvalue weighted by atomic mass is 10.1. The Balaban J connectivity index is 2.05. The standard InChI is InChI=1S/C20H25BrN2O2S/c1-5-24-18-10-7-15(12-19(18)25-6-2)14(4)22-20(26)23-16-8-9-17(21)13(3)11-16/h7-12,14H,5-6H2,1-4H3,(H2,22,23,26)/t14-/m1/s1. The van der Waals surface area contributed by atoms with Crippen molar-refractivity contribution in [1.82, 2.24) is 5.32 Å². The first-order valence-electron chi connectivity index (χ1n) is 8.67. The molecule has 0 unspecified atom stereocenters. The largest absolute Gasteiger partial charge is 0.490 e. The zero-order valence-corrected chi connectivity index (χ0v) is 18.0. The molecule has 0 aliphatic carbocycles. The number of anilines is 1. The number of benzene rings is 2. The van der Waals surface area contributed by atoms with Crippen molar-refractivity contribution in [2.24, 2.45) is 0 Å². The average molecular weight is 437 g/mol. The van der Waals surface area contributed by atoms with Crippen LogP contribution in [0.1, 0.15) is 37.9 Å². The first-order chi connectivity index (χ1) is 12.4. The molecule has 26 heavy (non-hydrogen) atoms. The predicted molar refractivity (Wildman–Crippen MR) is 115 cm³/mol. The second kappa shape index (κ2) is 9.78. The van der Waals surface area contributed by atoms with Crippen LogP contribution in [-0.4, -0.2) is 18.3 Å². The summed E-state index contributed by atoms with van der Waals surface area (Å²) in [4.78, 5) is 0. The SMILES string of the molecule is CCOc1ccc([C@@H](C)NC(=S)Nc2ccc(Br)c(C)c2)cc1OCC. The van der Waals surface area contributed by atoms with Crippen LogP contribution in [-0.2, 0) is 0 Å². The summed E-state index contributed by atoms with van der Waals surface area (Å²) in [7, 11) is 0. The fraction of sp³-hybridized carbons (Fsp3) is 0.350. The minimum Gasteiger partial charge on any atom is -0.490 e. The molecule has 0 heterocycles. The van der Waals surface area contributed by atoms with E-state index in [4.69, 9.17) is 21.7 Å². The van der Waals surface area contributed by atoms with E-state index < -0.39 is 0 Å². The molecule has 4 nitrogen and oxygen atoms in total. The van der Waals surface area contributed by atoms with E-state index >= 15 is 0 Å². The lowest BCUT2D eigenvalue weighted by Crippen LogP contribution is -2.30. The van der Waals surface area contributed by atoms with E-state index in [1.807, 2.05) is 57.2 Å². The van der Waals surface area contributed by atoms with Crippen LogP contribution >= 0.6 is 28.1 Å². The summed E-state index contributed by atoms with van der Waals surface area (Å²) >= 11 is 8.95. The molecule has 1 atom stereocenters. The maximum Gasteiger partial charge on any atom is 0.171 e. The number of halogens is 1. The highest BCUT2D eigenvalue weighted by Crippen LogP contribution is 2.30. The van der Waals surface area contributed by atoms with E-state index in [1.54, 1.807) is 0 Å². The van der Waals surface area contributed by atoms with Crippen molar-refractivity contribution >= 4 is 38.9 Å². The molecule has 0 aromatic heterocycles. The highest BCUT2D eigenvalue weighted by molar-refractivity contribution is 9.10.